The molecule has 0 spiro atoms. The molecule has 1 heterocycles. The lowest BCUT2D eigenvalue weighted by molar-refractivity contribution is 0.0924. The van der Waals surface area contributed by atoms with Crippen LogP contribution < -0.4 is 14.2 Å². The van der Waals surface area contributed by atoms with Crippen LogP contribution in [0.3, 0.4) is 0 Å². The molecule has 0 radical (unpaired) electrons. The van der Waals surface area contributed by atoms with Crippen molar-refractivity contribution in [1.82, 2.24) is 9.55 Å². The average molecular weight is 461 g/mol. The fourth-order valence-corrected chi connectivity index (χ4v) is 4.24. The van der Waals surface area contributed by atoms with Gasteiger partial charge in [0.1, 0.15) is 24.3 Å². The van der Waals surface area contributed by atoms with E-state index in [2.05, 4.69) is 17.6 Å². The maximum Gasteiger partial charge on any atom is 0.161 e. The SMILES string of the molecule is COc1ccc(Cc2nc3ccccc3n2CC(O)COc2cc(C)cc(C)c2C)cc1OC. The van der Waals surface area contributed by atoms with Gasteiger partial charge >= 0.3 is 0 Å². The number of aromatic nitrogens is 2. The fourth-order valence-electron chi connectivity index (χ4n) is 4.24. The van der Waals surface area contributed by atoms with Gasteiger partial charge in [-0.2, -0.15) is 0 Å². The molecule has 0 aliphatic rings. The standard InChI is InChI=1S/C28H32N2O4/c1-18-12-19(2)20(3)26(13-18)34-17-22(31)16-30-24-9-7-6-8-23(24)29-28(30)15-21-10-11-25(32-4)27(14-21)33-5/h6-14,22,31H,15-17H2,1-5H3. The number of imidazole rings is 1. The number of para-hydroxylation sites is 2. The molecule has 6 nitrogen and oxygen atoms in total. The normalized spacial score (nSPS) is 12.1. The smallest absolute Gasteiger partial charge is 0.161 e. The number of hydrogen-bond acceptors (Lipinski definition) is 5. The first kappa shape index (κ1) is 23.6. The summed E-state index contributed by atoms with van der Waals surface area (Å²) < 4.78 is 18.9. The van der Waals surface area contributed by atoms with Gasteiger partial charge in [-0.05, 0) is 73.4 Å². The zero-order valence-electron chi connectivity index (χ0n) is 20.5. The lowest BCUT2D eigenvalue weighted by Gasteiger charge is -2.18. The maximum absolute atomic E-state index is 10.9. The van der Waals surface area contributed by atoms with Crippen molar-refractivity contribution in [3.8, 4) is 17.2 Å². The second-order valence-electron chi connectivity index (χ2n) is 8.66. The Morgan fingerprint density at radius 3 is 2.44 bits per heavy atom. The van der Waals surface area contributed by atoms with Gasteiger partial charge < -0.3 is 23.9 Å². The summed E-state index contributed by atoms with van der Waals surface area (Å²) in [7, 11) is 3.25. The van der Waals surface area contributed by atoms with E-state index in [1.54, 1.807) is 14.2 Å². The minimum absolute atomic E-state index is 0.200. The van der Waals surface area contributed by atoms with Gasteiger partial charge in [-0.15, -0.1) is 0 Å². The van der Waals surface area contributed by atoms with Crippen molar-refractivity contribution >= 4 is 11.0 Å². The van der Waals surface area contributed by atoms with Gasteiger partial charge in [0.25, 0.3) is 0 Å². The van der Waals surface area contributed by atoms with Crippen molar-refractivity contribution in [1.29, 1.82) is 0 Å². The number of hydrogen-bond donors (Lipinski definition) is 1. The van der Waals surface area contributed by atoms with Crippen molar-refractivity contribution in [2.24, 2.45) is 0 Å². The average Bonchev–Trinajstić information content (AvgIpc) is 3.17. The van der Waals surface area contributed by atoms with Crippen molar-refractivity contribution in [3.05, 3.63) is 82.7 Å². The second-order valence-corrected chi connectivity index (χ2v) is 8.66. The third-order valence-corrected chi connectivity index (χ3v) is 6.13. The molecule has 4 rings (SSSR count). The molecular weight excluding hydrogens is 428 g/mol. The van der Waals surface area contributed by atoms with Crippen LogP contribution in [0.25, 0.3) is 11.0 Å². The van der Waals surface area contributed by atoms with Crippen LogP contribution in [0.15, 0.2) is 54.6 Å². The third-order valence-electron chi connectivity index (χ3n) is 6.13. The molecule has 4 aromatic rings. The molecule has 0 amide bonds. The molecular formula is C28H32N2O4. The van der Waals surface area contributed by atoms with Gasteiger partial charge in [-0.25, -0.2) is 4.98 Å². The van der Waals surface area contributed by atoms with E-state index in [4.69, 9.17) is 19.2 Å². The van der Waals surface area contributed by atoms with Crippen LogP contribution in [-0.4, -0.2) is 41.6 Å². The Labute approximate surface area is 200 Å². The highest BCUT2D eigenvalue weighted by atomic mass is 16.5. The predicted octanol–water partition coefficient (Wildman–Crippen LogP) is 5.01. The summed E-state index contributed by atoms with van der Waals surface area (Å²) in [5.74, 6) is 3.06. The molecule has 0 aliphatic carbocycles. The summed E-state index contributed by atoms with van der Waals surface area (Å²) >= 11 is 0. The highest BCUT2D eigenvalue weighted by molar-refractivity contribution is 5.76. The Bertz CT molecular complexity index is 1300. The first-order valence-corrected chi connectivity index (χ1v) is 11.4. The van der Waals surface area contributed by atoms with Crippen LogP contribution in [0.5, 0.6) is 17.2 Å². The minimum atomic E-state index is -0.693. The number of ether oxygens (including phenoxy) is 3. The van der Waals surface area contributed by atoms with E-state index in [0.29, 0.717) is 24.5 Å². The molecule has 0 fully saturated rings. The lowest BCUT2D eigenvalue weighted by atomic mass is 10.1. The van der Waals surface area contributed by atoms with Crippen LogP contribution >= 0.6 is 0 Å². The number of nitrogens with zero attached hydrogens (tertiary/aromatic N) is 2. The minimum Gasteiger partial charge on any atom is -0.493 e. The molecule has 0 saturated carbocycles. The van der Waals surface area contributed by atoms with Crippen LogP contribution in [0.4, 0.5) is 0 Å². The summed E-state index contributed by atoms with van der Waals surface area (Å²) in [6.07, 6.45) is -0.0966. The van der Waals surface area contributed by atoms with Gasteiger partial charge in [0, 0.05) is 6.42 Å². The summed E-state index contributed by atoms with van der Waals surface area (Å²) in [4.78, 5) is 4.85. The van der Waals surface area contributed by atoms with Gasteiger partial charge in [-0.1, -0.05) is 24.3 Å². The Kier molecular flexibility index (Phi) is 7.08. The number of aliphatic hydroxyl groups excluding tert-OH is 1. The van der Waals surface area contributed by atoms with E-state index in [1.807, 2.05) is 62.4 Å². The van der Waals surface area contributed by atoms with E-state index in [1.165, 1.54) is 5.56 Å². The zero-order chi connectivity index (χ0) is 24.2. The molecule has 1 N–H and O–H groups in total. The molecule has 1 atom stereocenters. The summed E-state index contributed by atoms with van der Waals surface area (Å²) in [6, 6.07) is 18.0. The fraction of sp³-hybridized carbons (Fsp3) is 0.321. The summed E-state index contributed by atoms with van der Waals surface area (Å²) in [5, 5.41) is 10.9. The molecule has 1 aromatic heterocycles. The van der Waals surface area contributed by atoms with Crippen molar-refractivity contribution in [3.63, 3.8) is 0 Å². The van der Waals surface area contributed by atoms with Gasteiger partial charge in [0.2, 0.25) is 0 Å². The monoisotopic (exact) mass is 460 g/mol. The summed E-state index contributed by atoms with van der Waals surface area (Å²) in [6.45, 7) is 6.75. The topological polar surface area (TPSA) is 65.7 Å². The highest BCUT2D eigenvalue weighted by Gasteiger charge is 2.17. The number of fused-ring (bicyclic) bond motifs is 1. The molecule has 178 valence electrons. The number of benzene rings is 3. The molecule has 0 bridgehead atoms. The number of rotatable bonds is 9. The van der Waals surface area contributed by atoms with E-state index in [0.717, 1.165) is 39.3 Å². The molecule has 0 saturated heterocycles. The van der Waals surface area contributed by atoms with Gasteiger partial charge in [-0.3, -0.25) is 0 Å². The van der Waals surface area contributed by atoms with Crippen molar-refractivity contribution in [2.45, 2.75) is 39.8 Å². The highest BCUT2D eigenvalue weighted by Crippen LogP contribution is 2.29. The lowest BCUT2D eigenvalue weighted by Crippen LogP contribution is -2.25. The van der Waals surface area contributed by atoms with Crippen LogP contribution in [-0.2, 0) is 13.0 Å². The molecule has 0 aliphatic heterocycles. The quantitative estimate of drug-likeness (QED) is 0.380. The van der Waals surface area contributed by atoms with Gasteiger partial charge in [0.05, 0.1) is 31.8 Å². The third kappa shape index (κ3) is 5.02. The predicted molar refractivity (Wildman–Crippen MR) is 134 cm³/mol. The van der Waals surface area contributed by atoms with E-state index in [-0.39, 0.29) is 6.61 Å². The van der Waals surface area contributed by atoms with Crippen LogP contribution in [0.1, 0.15) is 28.1 Å². The Morgan fingerprint density at radius 1 is 0.912 bits per heavy atom. The first-order chi connectivity index (χ1) is 16.4. The first-order valence-electron chi connectivity index (χ1n) is 11.4. The van der Waals surface area contributed by atoms with E-state index < -0.39 is 6.10 Å². The molecule has 34 heavy (non-hydrogen) atoms. The number of aryl methyl sites for hydroxylation is 2. The van der Waals surface area contributed by atoms with Crippen LogP contribution in [0, 0.1) is 20.8 Å². The molecule has 6 heteroatoms. The molecule has 1 unspecified atom stereocenters. The Morgan fingerprint density at radius 2 is 1.68 bits per heavy atom. The maximum atomic E-state index is 10.9. The number of methoxy groups -OCH3 is 2. The van der Waals surface area contributed by atoms with E-state index >= 15 is 0 Å². The van der Waals surface area contributed by atoms with Crippen molar-refractivity contribution in [2.75, 3.05) is 20.8 Å². The van der Waals surface area contributed by atoms with E-state index in [9.17, 15) is 5.11 Å². The largest absolute Gasteiger partial charge is 0.493 e. The van der Waals surface area contributed by atoms with Gasteiger partial charge in [0.15, 0.2) is 11.5 Å². The van der Waals surface area contributed by atoms with Crippen molar-refractivity contribution < 1.29 is 19.3 Å². The Hall–Kier alpha value is -3.51. The zero-order valence-corrected chi connectivity index (χ0v) is 20.5. The number of aliphatic hydroxyl groups is 1. The summed E-state index contributed by atoms with van der Waals surface area (Å²) in [5.41, 5.74) is 6.36. The second kappa shape index (κ2) is 10.2. The van der Waals surface area contributed by atoms with Crippen LogP contribution in [0.2, 0.25) is 0 Å². The molecule has 3 aromatic carbocycles. The Balaban J connectivity index is 1.57.